The van der Waals surface area contributed by atoms with Crippen molar-refractivity contribution in [1.82, 2.24) is 19.0 Å². The standard InChI is InChI=1S/C23H21F4N7O4S/c1-3-17-20(32-13-15(11-28)5-7-19(32)30-17)21(35)29-12-14-4-6-18(16(24)10-14)33-8-9-34(22(31-33)38-2)39(36,37)23(25,26)27/h4-7,10,13H,3,8-9,12H2,1-2H3,(H,29,35). The molecule has 1 amide bonds. The minimum absolute atomic E-state index is 0.0322. The van der Waals surface area contributed by atoms with Crippen molar-refractivity contribution in [2.75, 3.05) is 25.2 Å². The first-order valence-corrected chi connectivity index (χ1v) is 12.8. The highest BCUT2D eigenvalue weighted by molar-refractivity contribution is 7.90. The van der Waals surface area contributed by atoms with Crippen molar-refractivity contribution in [3.05, 3.63) is 64.9 Å². The Kier molecular flexibility index (Phi) is 7.37. The summed E-state index contributed by atoms with van der Waals surface area (Å²) in [5, 5.41) is 16.6. The number of hydrazone groups is 1. The number of fused-ring (bicyclic) bond motifs is 1. The van der Waals surface area contributed by atoms with Gasteiger partial charge in [-0.05, 0) is 36.2 Å². The fourth-order valence-electron chi connectivity index (χ4n) is 3.93. The molecule has 1 aromatic carbocycles. The molecule has 0 unspecified atom stereocenters. The van der Waals surface area contributed by atoms with Gasteiger partial charge in [0.2, 0.25) is 0 Å². The second-order valence-electron chi connectivity index (χ2n) is 8.22. The number of carbonyl (C=O) groups is 1. The number of amidine groups is 1. The topological polar surface area (TPSA) is 132 Å². The first-order chi connectivity index (χ1) is 18.4. The maximum Gasteiger partial charge on any atom is 0.516 e. The van der Waals surface area contributed by atoms with Crippen LogP contribution in [-0.4, -0.2) is 59.7 Å². The van der Waals surface area contributed by atoms with Gasteiger partial charge in [0, 0.05) is 12.7 Å². The molecule has 2 aromatic heterocycles. The number of ether oxygens (including phenoxy) is 1. The molecular formula is C23H21F4N7O4S. The average molecular weight is 568 g/mol. The van der Waals surface area contributed by atoms with E-state index in [1.807, 2.05) is 13.0 Å². The van der Waals surface area contributed by atoms with E-state index in [0.29, 0.717) is 28.9 Å². The molecule has 39 heavy (non-hydrogen) atoms. The highest BCUT2D eigenvalue weighted by atomic mass is 32.2. The molecule has 0 aliphatic carbocycles. The van der Waals surface area contributed by atoms with Crippen molar-refractivity contribution in [3.8, 4) is 6.07 Å². The number of nitrogens with one attached hydrogen (secondary N) is 1. The maximum absolute atomic E-state index is 15.0. The SMILES string of the molecule is CCc1nc2ccc(C#N)cn2c1C(=O)NCc1ccc(N2CCN(S(=O)(=O)C(F)(F)F)C(OC)=N2)c(F)c1. The van der Waals surface area contributed by atoms with E-state index in [0.717, 1.165) is 18.2 Å². The number of aromatic nitrogens is 2. The van der Waals surface area contributed by atoms with Gasteiger partial charge >= 0.3 is 21.6 Å². The number of methoxy groups -OCH3 is 1. The van der Waals surface area contributed by atoms with Crippen LogP contribution >= 0.6 is 0 Å². The highest BCUT2D eigenvalue weighted by Gasteiger charge is 2.52. The van der Waals surface area contributed by atoms with E-state index in [1.165, 1.54) is 22.7 Å². The molecule has 1 aliphatic rings. The summed E-state index contributed by atoms with van der Waals surface area (Å²) in [6, 6.07) is 8.23. The van der Waals surface area contributed by atoms with Crippen molar-refractivity contribution < 1.29 is 35.5 Å². The second kappa shape index (κ2) is 10.4. The number of aryl methyl sites for hydroxylation is 1. The Hall–Kier alpha value is -4.39. The summed E-state index contributed by atoms with van der Waals surface area (Å²) in [5.41, 5.74) is -3.75. The number of carbonyl (C=O) groups excluding carboxylic acids is 1. The third-order valence-electron chi connectivity index (χ3n) is 5.81. The third-order valence-corrected chi connectivity index (χ3v) is 7.32. The summed E-state index contributed by atoms with van der Waals surface area (Å²) in [6.07, 6.45) is 1.95. The van der Waals surface area contributed by atoms with Crippen LogP contribution in [0.25, 0.3) is 5.65 Å². The first kappa shape index (κ1) is 27.6. The predicted molar refractivity (Wildman–Crippen MR) is 130 cm³/mol. The predicted octanol–water partition coefficient (Wildman–Crippen LogP) is 2.73. The highest BCUT2D eigenvalue weighted by Crippen LogP contribution is 2.30. The van der Waals surface area contributed by atoms with Gasteiger partial charge < -0.3 is 10.1 Å². The first-order valence-electron chi connectivity index (χ1n) is 11.4. The minimum Gasteiger partial charge on any atom is -0.467 e. The molecule has 3 heterocycles. The van der Waals surface area contributed by atoms with E-state index in [9.17, 15) is 36.0 Å². The summed E-state index contributed by atoms with van der Waals surface area (Å²) in [4.78, 5) is 17.4. The second-order valence-corrected chi connectivity index (χ2v) is 10.1. The van der Waals surface area contributed by atoms with Gasteiger partial charge in [0.15, 0.2) is 0 Å². The Morgan fingerprint density at radius 1 is 1.23 bits per heavy atom. The van der Waals surface area contributed by atoms with Gasteiger partial charge in [0.05, 0.1) is 37.1 Å². The van der Waals surface area contributed by atoms with E-state index in [-0.39, 0.29) is 28.8 Å². The molecule has 3 aromatic rings. The normalized spacial score (nSPS) is 14.2. The summed E-state index contributed by atoms with van der Waals surface area (Å²) >= 11 is 0. The smallest absolute Gasteiger partial charge is 0.467 e. The number of hydrogen-bond acceptors (Lipinski definition) is 8. The zero-order valence-electron chi connectivity index (χ0n) is 20.5. The number of anilines is 1. The molecule has 16 heteroatoms. The van der Waals surface area contributed by atoms with Crippen molar-refractivity contribution in [3.63, 3.8) is 0 Å². The van der Waals surface area contributed by atoms with E-state index in [1.54, 1.807) is 12.1 Å². The summed E-state index contributed by atoms with van der Waals surface area (Å²) in [6.45, 7) is 0.689. The number of amides is 1. The monoisotopic (exact) mass is 567 g/mol. The van der Waals surface area contributed by atoms with E-state index < -0.39 is 39.8 Å². The molecule has 0 atom stereocenters. The Labute approximate surface area is 219 Å². The van der Waals surface area contributed by atoms with Crippen LogP contribution < -0.4 is 10.3 Å². The molecule has 206 valence electrons. The van der Waals surface area contributed by atoms with Crippen LogP contribution in [0.5, 0.6) is 0 Å². The molecule has 0 saturated carbocycles. The zero-order valence-corrected chi connectivity index (χ0v) is 21.3. The fraction of sp³-hybridized carbons (Fsp3) is 0.304. The number of hydrogen-bond donors (Lipinski definition) is 1. The molecular weight excluding hydrogens is 546 g/mol. The summed E-state index contributed by atoms with van der Waals surface area (Å²) in [5.74, 6) is -1.30. The lowest BCUT2D eigenvalue weighted by Gasteiger charge is -2.32. The molecule has 0 saturated heterocycles. The number of alkyl halides is 3. The third kappa shape index (κ3) is 5.17. The lowest BCUT2D eigenvalue weighted by atomic mass is 10.1. The van der Waals surface area contributed by atoms with Gasteiger partial charge in [-0.25, -0.2) is 13.7 Å². The van der Waals surface area contributed by atoms with Gasteiger partial charge in [0.25, 0.3) is 5.91 Å². The molecule has 4 rings (SSSR count). The van der Waals surface area contributed by atoms with E-state index >= 15 is 0 Å². The van der Waals surface area contributed by atoms with Crippen LogP contribution in [0.3, 0.4) is 0 Å². The van der Waals surface area contributed by atoms with Crippen molar-refractivity contribution in [2.45, 2.75) is 25.4 Å². The van der Waals surface area contributed by atoms with Crippen LogP contribution in [0.15, 0.2) is 41.6 Å². The fourth-order valence-corrected chi connectivity index (χ4v) is 4.82. The molecule has 1 N–H and O–H groups in total. The number of halogens is 4. The average Bonchev–Trinajstić information content (AvgIpc) is 3.28. The molecule has 0 fully saturated rings. The lowest BCUT2D eigenvalue weighted by molar-refractivity contribution is -0.0477. The number of sulfonamides is 1. The molecule has 0 spiro atoms. The molecule has 0 radical (unpaired) electrons. The Morgan fingerprint density at radius 2 is 1.97 bits per heavy atom. The van der Waals surface area contributed by atoms with Gasteiger partial charge in [-0.1, -0.05) is 13.0 Å². The maximum atomic E-state index is 15.0. The largest absolute Gasteiger partial charge is 0.516 e. The van der Waals surface area contributed by atoms with E-state index in [2.05, 4.69) is 15.4 Å². The van der Waals surface area contributed by atoms with Crippen molar-refractivity contribution in [2.24, 2.45) is 5.10 Å². The van der Waals surface area contributed by atoms with Gasteiger partial charge in [-0.2, -0.15) is 26.9 Å². The number of imidazole rings is 1. The van der Waals surface area contributed by atoms with E-state index in [4.69, 9.17) is 4.74 Å². The van der Waals surface area contributed by atoms with Crippen LogP contribution in [0.2, 0.25) is 0 Å². The Balaban J connectivity index is 1.52. The lowest BCUT2D eigenvalue weighted by Crippen LogP contribution is -2.51. The van der Waals surface area contributed by atoms with Crippen molar-refractivity contribution in [1.29, 1.82) is 5.26 Å². The number of rotatable bonds is 6. The summed E-state index contributed by atoms with van der Waals surface area (Å²) in [7, 11) is -4.80. The molecule has 11 nitrogen and oxygen atoms in total. The van der Waals surface area contributed by atoms with Crippen LogP contribution in [0, 0.1) is 17.1 Å². The van der Waals surface area contributed by atoms with Crippen LogP contribution in [-0.2, 0) is 27.7 Å². The van der Waals surface area contributed by atoms with Gasteiger partial charge in [-0.3, -0.25) is 14.2 Å². The molecule has 0 bridgehead atoms. The zero-order chi connectivity index (χ0) is 28.5. The van der Waals surface area contributed by atoms with Crippen LogP contribution in [0.1, 0.15) is 34.2 Å². The van der Waals surface area contributed by atoms with Gasteiger partial charge in [0.1, 0.15) is 23.2 Å². The summed E-state index contributed by atoms with van der Waals surface area (Å²) < 4.78 is 83.6. The minimum atomic E-state index is -5.75. The van der Waals surface area contributed by atoms with Crippen molar-refractivity contribution >= 4 is 33.3 Å². The molecule has 1 aliphatic heterocycles. The number of nitriles is 1. The van der Waals surface area contributed by atoms with Crippen LogP contribution in [0.4, 0.5) is 23.2 Å². The Bertz CT molecular complexity index is 1610. The number of pyridine rings is 1. The number of nitrogens with zero attached hydrogens (tertiary/aromatic N) is 6. The quantitative estimate of drug-likeness (QED) is 0.453. The number of benzene rings is 1. The Morgan fingerprint density at radius 3 is 2.59 bits per heavy atom. The van der Waals surface area contributed by atoms with Gasteiger partial charge in [-0.15, -0.1) is 5.10 Å².